The largest absolute Gasteiger partial charge is 0.362 e. The summed E-state index contributed by atoms with van der Waals surface area (Å²) in [6, 6.07) is 9.52. The lowest BCUT2D eigenvalue weighted by Gasteiger charge is -2.21. The van der Waals surface area contributed by atoms with Crippen LogP contribution in [0.2, 0.25) is 0 Å². The lowest BCUT2D eigenvalue weighted by atomic mass is 10.1. The molecule has 1 aromatic carbocycles. The van der Waals surface area contributed by atoms with E-state index in [-0.39, 0.29) is 17.8 Å². The van der Waals surface area contributed by atoms with Crippen molar-refractivity contribution >= 4 is 5.82 Å². The molecule has 2 aromatic rings. The topological polar surface area (TPSA) is 79.8 Å². The summed E-state index contributed by atoms with van der Waals surface area (Å²) in [6.07, 6.45) is -2.26. The van der Waals surface area contributed by atoms with E-state index in [9.17, 15) is 23.6 Å². The lowest BCUT2D eigenvalue weighted by molar-refractivity contribution is 0.120. The Morgan fingerprint density at radius 3 is 2.36 bits per heavy atom. The van der Waals surface area contributed by atoms with E-state index in [1.54, 1.807) is 6.07 Å². The van der Waals surface area contributed by atoms with Gasteiger partial charge in [-0.15, -0.1) is 0 Å². The minimum absolute atomic E-state index is 0.0793. The molecule has 0 saturated carbocycles. The van der Waals surface area contributed by atoms with E-state index in [0.717, 1.165) is 14.7 Å². The fourth-order valence-electron chi connectivity index (χ4n) is 2.52. The Balaban J connectivity index is 2.33. The van der Waals surface area contributed by atoms with Crippen LogP contribution in [0.25, 0.3) is 0 Å². The fourth-order valence-corrected chi connectivity index (χ4v) is 2.52. The van der Waals surface area contributed by atoms with Gasteiger partial charge in [0.2, 0.25) is 0 Å². The molecule has 0 aliphatic heterocycles. The second-order valence-corrected chi connectivity index (χ2v) is 5.65. The average Bonchev–Trinajstić information content (AvgIpc) is 2.61. The van der Waals surface area contributed by atoms with Gasteiger partial charge in [0.05, 0.1) is 6.04 Å². The van der Waals surface area contributed by atoms with Gasteiger partial charge in [-0.05, 0) is 18.4 Å². The molecule has 0 radical (unpaired) electrons. The molecule has 0 saturated heterocycles. The quantitative estimate of drug-likeness (QED) is 0.861. The summed E-state index contributed by atoms with van der Waals surface area (Å²) in [6.45, 7) is 0. The number of hydrogen-bond acceptors (Lipinski definition) is 4. The van der Waals surface area contributed by atoms with Gasteiger partial charge in [0, 0.05) is 14.1 Å². The third-order valence-electron chi connectivity index (χ3n) is 3.99. The van der Waals surface area contributed by atoms with Gasteiger partial charge in [0.1, 0.15) is 11.9 Å². The molecule has 6 nitrogen and oxygen atoms in total. The molecular weight excluding hydrogens is 330 g/mol. The van der Waals surface area contributed by atoms with Crippen LogP contribution in [-0.4, -0.2) is 21.6 Å². The minimum atomic E-state index is -2.73. The maximum atomic E-state index is 13.4. The summed E-state index contributed by atoms with van der Waals surface area (Å²) in [5.74, 6) is -0.186. The standard InChI is InChI=1S/C17H18F2N4O2/c1-22-15(12(10-20)16(24)23(2)17(22)25)21-13(14(18)19)9-8-11-6-4-3-5-7-11/h3-7,13-14,21H,8-9H2,1-2H3. The predicted octanol–water partition coefficient (Wildman–Crippen LogP) is 1.63. The SMILES string of the molecule is Cn1c(NC(CCc2ccccc2)C(F)F)c(C#N)c(=O)n(C)c1=O. The highest BCUT2D eigenvalue weighted by Crippen LogP contribution is 2.17. The second-order valence-electron chi connectivity index (χ2n) is 5.65. The molecule has 1 atom stereocenters. The lowest BCUT2D eigenvalue weighted by Crippen LogP contribution is -2.42. The van der Waals surface area contributed by atoms with Crippen molar-refractivity contribution in [1.82, 2.24) is 9.13 Å². The van der Waals surface area contributed by atoms with Crippen LogP contribution < -0.4 is 16.6 Å². The van der Waals surface area contributed by atoms with E-state index in [1.807, 2.05) is 30.3 Å². The predicted molar refractivity (Wildman–Crippen MR) is 89.8 cm³/mol. The maximum Gasteiger partial charge on any atom is 0.332 e. The monoisotopic (exact) mass is 348 g/mol. The minimum Gasteiger partial charge on any atom is -0.362 e. The zero-order valence-electron chi connectivity index (χ0n) is 13.9. The van der Waals surface area contributed by atoms with E-state index in [0.29, 0.717) is 6.42 Å². The molecule has 25 heavy (non-hydrogen) atoms. The highest BCUT2D eigenvalue weighted by molar-refractivity contribution is 5.52. The number of anilines is 1. The molecule has 1 unspecified atom stereocenters. The van der Waals surface area contributed by atoms with E-state index in [4.69, 9.17) is 0 Å². The summed E-state index contributed by atoms with van der Waals surface area (Å²) in [4.78, 5) is 24.0. The van der Waals surface area contributed by atoms with Crippen LogP contribution in [-0.2, 0) is 20.5 Å². The Labute approximate surface area is 142 Å². The van der Waals surface area contributed by atoms with Crippen LogP contribution in [0.3, 0.4) is 0 Å². The maximum absolute atomic E-state index is 13.4. The molecule has 1 heterocycles. The van der Waals surface area contributed by atoms with Crippen molar-refractivity contribution in [2.75, 3.05) is 5.32 Å². The fraction of sp³-hybridized carbons (Fsp3) is 0.353. The van der Waals surface area contributed by atoms with Crippen molar-refractivity contribution in [3.05, 3.63) is 62.3 Å². The number of nitrogens with zero attached hydrogens (tertiary/aromatic N) is 3. The molecule has 0 spiro atoms. The number of aryl methyl sites for hydroxylation is 1. The van der Waals surface area contributed by atoms with Crippen LogP contribution in [0.1, 0.15) is 17.5 Å². The summed E-state index contributed by atoms with van der Waals surface area (Å²) in [5.41, 5.74) is -0.977. The number of benzene rings is 1. The first-order valence-corrected chi connectivity index (χ1v) is 7.65. The average molecular weight is 348 g/mol. The van der Waals surface area contributed by atoms with Gasteiger partial charge < -0.3 is 5.32 Å². The molecule has 132 valence electrons. The number of hydrogen-bond donors (Lipinski definition) is 1. The van der Waals surface area contributed by atoms with Gasteiger partial charge in [-0.2, -0.15) is 5.26 Å². The highest BCUT2D eigenvalue weighted by atomic mass is 19.3. The molecule has 0 aliphatic rings. The van der Waals surface area contributed by atoms with E-state index < -0.39 is 23.7 Å². The van der Waals surface area contributed by atoms with Crippen LogP contribution in [0, 0.1) is 11.3 Å². The second kappa shape index (κ2) is 7.75. The van der Waals surface area contributed by atoms with Crippen molar-refractivity contribution in [2.24, 2.45) is 14.1 Å². The third kappa shape index (κ3) is 3.94. The Kier molecular flexibility index (Phi) is 5.70. The molecular formula is C17H18F2N4O2. The Bertz CT molecular complexity index is 898. The molecule has 1 N–H and O–H groups in total. The van der Waals surface area contributed by atoms with E-state index in [2.05, 4.69) is 5.32 Å². The van der Waals surface area contributed by atoms with Crippen molar-refractivity contribution in [1.29, 1.82) is 5.26 Å². The van der Waals surface area contributed by atoms with Crippen molar-refractivity contribution < 1.29 is 8.78 Å². The van der Waals surface area contributed by atoms with Gasteiger partial charge >= 0.3 is 5.69 Å². The van der Waals surface area contributed by atoms with E-state index >= 15 is 0 Å². The first kappa shape index (κ1) is 18.4. The summed E-state index contributed by atoms with van der Waals surface area (Å²) < 4.78 is 28.6. The van der Waals surface area contributed by atoms with Crippen molar-refractivity contribution in [2.45, 2.75) is 25.3 Å². The van der Waals surface area contributed by atoms with Gasteiger partial charge in [-0.25, -0.2) is 13.6 Å². The highest BCUT2D eigenvalue weighted by Gasteiger charge is 2.24. The molecule has 2 rings (SSSR count). The number of aromatic nitrogens is 2. The third-order valence-corrected chi connectivity index (χ3v) is 3.99. The smallest absolute Gasteiger partial charge is 0.332 e. The zero-order chi connectivity index (χ0) is 18.6. The van der Waals surface area contributed by atoms with Crippen LogP contribution in [0.15, 0.2) is 39.9 Å². The van der Waals surface area contributed by atoms with Gasteiger partial charge in [0.15, 0.2) is 5.56 Å². The number of alkyl halides is 2. The molecule has 0 fully saturated rings. The van der Waals surface area contributed by atoms with Crippen LogP contribution >= 0.6 is 0 Å². The van der Waals surface area contributed by atoms with Gasteiger partial charge in [0.25, 0.3) is 12.0 Å². The summed E-state index contributed by atoms with van der Waals surface area (Å²) in [5, 5.41) is 11.7. The summed E-state index contributed by atoms with van der Waals surface area (Å²) in [7, 11) is 2.56. The Morgan fingerprint density at radius 1 is 1.16 bits per heavy atom. The normalized spacial score (nSPS) is 12.0. The molecule has 8 heteroatoms. The van der Waals surface area contributed by atoms with Crippen molar-refractivity contribution in [3.63, 3.8) is 0 Å². The van der Waals surface area contributed by atoms with Gasteiger partial charge in [-0.1, -0.05) is 30.3 Å². The molecule has 0 aliphatic carbocycles. The zero-order valence-corrected chi connectivity index (χ0v) is 13.9. The number of rotatable bonds is 6. The first-order valence-electron chi connectivity index (χ1n) is 7.65. The number of halogens is 2. The van der Waals surface area contributed by atoms with Crippen LogP contribution in [0.4, 0.5) is 14.6 Å². The molecule has 0 amide bonds. The first-order chi connectivity index (χ1) is 11.9. The van der Waals surface area contributed by atoms with Crippen molar-refractivity contribution in [3.8, 4) is 6.07 Å². The number of nitriles is 1. The van der Waals surface area contributed by atoms with E-state index in [1.165, 1.54) is 14.1 Å². The van der Waals surface area contributed by atoms with Crippen LogP contribution in [0.5, 0.6) is 0 Å². The van der Waals surface area contributed by atoms with Gasteiger partial charge in [-0.3, -0.25) is 13.9 Å². The summed E-state index contributed by atoms with van der Waals surface area (Å²) >= 11 is 0. The molecule has 0 bridgehead atoms. The Morgan fingerprint density at radius 2 is 1.80 bits per heavy atom. The Hall–Kier alpha value is -2.95. The number of nitrogens with one attached hydrogen (secondary N) is 1. The molecule has 1 aromatic heterocycles.